The summed E-state index contributed by atoms with van der Waals surface area (Å²) in [6.07, 6.45) is 0. The first-order chi connectivity index (χ1) is 28.8. The molecule has 0 aliphatic rings. The molecule has 4 heteroatoms. The second kappa shape index (κ2) is 12.9. The first kappa shape index (κ1) is 32.4. The molecule has 58 heavy (non-hydrogen) atoms. The molecule has 3 heterocycles. The van der Waals surface area contributed by atoms with Gasteiger partial charge in [-0.3, -0.25) is 0 Å². The third-order valence-corrected chi connectivity index (χ3v) is 11.6. The molecule has 0 saturated heterocycles. The Morgan fingerprint density at radius 3 is 1.81 bits per heavy atom. The van der Waals surface area contributed by atoms with Crippen molar-refractivity contribution in [2.24, 2.45) is 0 Å². The number of aromatic nitrogens is 1. The summed E-state index contributed by atoms with van der Waals surface area (Å²) in [6, 6.07) is 73.1. The molecule has 12 rings (SSSR count). The van der Waals surface area contributed by atoms with E-state index in [-0.39, 0.29) is 0 Å². The summed E-state index contributed by atoms with van der Waals surface area (Å²) in [5.74, 6) is 0. The maximum absolute atomic E-state index is 6.68. The average Bonchev–Trinajstić information content (AvgIpc) is 3.97. The quantitative estimate of drug-likeness (QED) is 0.170. The highest BCUT2D eigenvalue weighted by atomic mass is 16.3. The molecule has 3 aromatic heterocycles. The molecule has 0 radical (unpaired) electrons. The van der Waals surface area contributed by atoms with Gasteiger partial charge in [-0.2, -0.15) is 0 Å². The van der Waals surface area contributed by atoms with Gasteiger partial charge < -0.3 is 18.3 Å². The lowest BCUT2D eigenvalue weighted by molar-refractivity contribution is 0.669. The van der Waals surface area contributed by atoms with Gasteiger partial charge in [-0.25, -0.2) is 0 Å². The summed E-state index contributed by atoms with van der Waals surface area (Å²) < 4.78 is 15.6. The molecule has 0 unspecified atom stereocenters. The van der Waals surface area contributed by atoms with E-state index in [1.807, 2.05) is 18.2 Å². The Kier molecular flexibility index (Phi) is 7.20. The molecule has 0 atom stereocenters. The van der Waals surface area contributed by atoms with Gasteiger partial charge in [-0.05, 0) is 83.4 Å². The zero-order valence-corrected chi connectivity index (χ0v) is 31.3. The highest BCUT2D eigenvalue weighted by Crippen LogP contribution is 2.45. The van der Waals surface area contributed by atoms with Crippen molar-refractivity contribution in [1.29, 1.82) is 0 Å². The minimum Gasteiger partial charge on any atom is -0.455 e. The number of rotatable bonds is 6. The Balaban J connectivity index is 1.03. The number of fused-ring (bicyclic) bond motifs is 9. The lowest BCUT2D eigenvalue weighted by Crippen LogP contribution is -2.10. The van der Waals surface area contributed by atoms with Gasteiger partial charge in [0, 0.05) is 54.9 Å². The number of anilines is 3. The monoisotopic (exact) mass is 742 g/mol. The Hall–Kier alpha value is -7.82. The van der Waals surface area contributed by atoms with Crippen molar-refractivity contribution >= 4 is 82.7 Å². The number of benzene rings is 9. The van der Waals surface area contributed by atoms with Crippen LogP contribution in [0.4, 0.5) is 17.1 Å². The molecule has 4 nitrogen and oxygen atoms in total. The normalized spacial score (nSPS) is 11.8. The van der Waals surface area contributed by atoms with E-state index in [4.69, 9.17) is 8.83 Å². The molecule has 0 saturated carbocycles. The molecule has 0 fully saturated rings. The van der Waals surface area contributed by atoms with Crippen LogP contribution in [0.1, 0.15) is 0 Å². The van der Waals surface area contributed by atoms with Gasteiger partial charge >= 0.3 is 0 Å². The molecule has 0 N–H and O–H groups in total. The summed E-state index contributed by atoms with van der Waals surface area (Å²) in [6.45, 7) is 0. The van der Waals surface area contributed by atoms with Crippen LogP contribution in [-0.4, -0.2) is 4.57 Å². The summed E-state index contributed by atoms with van der Waals surface area (Å²) in [7, 11) is 0. The van der Waals surface area contributed by atoms with Crippen LogP contribution in [0, 0.1) is 0 Å². The predicted molar refractivity (Wildman–Crippen MR) is 241 cm³/mol. The molecule has 272 valence electrons. The van der Waals surface area contributed by atoms with E-state index in [9.17, 15) is 0 Å². The third-order valence-electron chi connectivity index (χ3n) is 11.6. The molecular formula is C54H34N2O2. The number of para-hydroxylation sites is 5. The summed E-state index contributed by atoms with van der Waals surface area (Å²) in [5, 5.41) is 6.84. The van der Waals surface area contributed by atoms with Crippen molar-refractivity contribution in [2.75, 3.05) is 4.90 Å². The van der Waals surface area contributed by atoms with Crippen molar-refractivity contribution in [3.8, 4) is 27.9 Å². The third kappa shape index (κ3) is 5.02. The first-order valence-electron chi connectivity index (χ1n) is 19.7. The Morgan fingerprint density at radius 1 is 0.345 bits per heavy atom. The van der Waals surface area contributed by atoms with Gasteiger partial charge in [0.2, 0.25) is 0 Å². The SMILES string of the molecule is c1ccc(-c2cccc3c2oc2ccc(-c4ccc(N(c5ccc6c7ccccc7n(-c7ccccc7)c6c5)c5cccc6c5oc5ccccc56)cc4)cc23)cc1. The summed E-state index contributed by atoms with van der Waals surface area (Å²) in [5.41, 5.74) is 14.5. The Morgan fingerprint density at radius 2 is 0.966 bits per heavy atom. The van der Waals surface area contributed by atoms with Gasteiger partial charge in [-0.15, -0.1) is 0 Å². The van der Waals surface area contributed by atoms with Crippen LogP contribution in [-0.2, 0) is 0 Å². The minimum atomic E-state index is 0.851. The largest absolute Gasteiger partial charge is 0.455 e. The van der Waals surface area contributed by atoms with E-state index < -0.39 is 0 Å². The second-order valence-electron chi connectivity index (χ2n) is 14.9. The predicted octanol–water partition coefficient (Wildman–Crippen LogP) is 15.4. The van der Waals surface area contributed by atoms with Crippen LogP contribution < -0.4 is 4.90 Å². The zero-order valence-electron chi connectivity index (χ0n) is 31.3. The van der Waals surface area contributed by atoms with E-state index >= 15 is 0 Å². The van der Waals surface area contributed by atoms with E-state index in [0.717, 1.165) is 94.4 Å². The molecule has 0 spiro atoms. The van der Waals surface area contributed by atoms with Crippen LogP contribution in [0.15, 0.2) is 215 Å². The van der Waals surface area contributed by atoms with Crippen molar-refractivity contribution < 1.29 is 8.83 Å². The molecule has 0 aliphatic carbocycles. The van der Waals surface area contributed by atoms with Crippen LogP contribution in [0.3, 0.4) is 0 Å². The maximum Gasteiger partial charge on any atom is 0.159 e. The van der Waals surface area contributed by atoms with E-state index in [1.165, 1.54) is 16.3 Å². The summed E-state index contributed by atoms with van der Waals surface area (Å²) in [4.78, 5) is 2.33. The molecule has 12 aromatic rings. The van der Waals surface area contributed by atoms with Gasteiger partial charge in [0.05, 0.1) is 16.7 Å². The van der Waals surface area contributed by atoms with Crippen molar-refractivity contribution in [3.05, 3.63) is 206 Å². The van der Waals surface area contributed by atoms with Crippen LogP contribution in [0.2, 0.25) is 0 Å². The van der Waals surface area contributed by atoms with Crippen LogP contribution >= 0.6 is 0 Å². The van der Waals surface area contributed by atoms with Crippen LogP contribution in [0.5, 0.6) is 0 Å². The van der Waals surface area contributed by atoms with Crippen molar-refractivity contribution in [1.82, 2.24) is 4.57 Å². The number of nitrogens with zero attached hydrogens (tertiary/aromatic N) is 2. The van der Waals surface area contributed by atoms with E-state index in [1.54, 1.807) is 0 Å². The number of hydrogen-bond donors (Lipinski definition) is 0. The van der Waals surface area contributed by atoms with Gasteiger partial charge in [-0.1, -0.05) is 140 Å². The van der Waals surface area contributed by atoms with Crippen molar-refractivity contribution in [3.63, 3.8) is 0 Å². The van der Waals surface area contributed by atoms with Gasteiger partial charge in [0.15, 0.2) is 5.58 Å². The topological polar surface area (TPSA) is 34.5 Å². The minimum absolute atomic E-state index is 0.851. The lowest BCUT2D eigenvalue weighted by atomic mass is 10.00. The Bertz CT molecular complexity index is 3500. The number of furan rings is 2. The Labute approximate surface area is 334 Å². The standard InChI is InChI=1S/C54H34N2O2/c1-3-13-36(14-4-1)41-19-11-20-46-47-33-37(27-32-52(47)57-53(41)46)35-25-28-39(29-26-35)55(49-23-12-21-45-44-18-8-10-24-51(44)58-54(45)49)40-30-31-43-42-17-7-9-22-48(42)56(50(43)34-40)38-15-5-2-6-16-38/h1-34H. The lowest BCUT2D eigenvalue weighted by Gasteiger charge is -2.26. The molecule has 9 aromatic carbocycles. The molecule has 0 aliphatic heterocycles. The fourth-order valence-corrected chi connectivity index (χ4v) is 8.91. The van der Waals surface area contributed by atoms with Gasteiger partial charge in [0.25, 0.3) is 0 Å². The average molecular weight is 743 g/mol. The maximum atomic E-state index is 6.68. The number of hydrogen-bond acceptors (Lipinski definition) is 3. The smallest absolute Gasteiger partial charge is 0.159 e. The zero-order chi connectivity index (χ0) is 38.2. The summed E-state index contributed by atoms with van der Waals surface area (Å²) >= 11 is 0. The van der Waals surface area contributed by atoms with E-state index in [0.29, 0.717) is 0 Å². The first-order valence-corrected chi connectivity index (χ1v) is 19.7. The van der Waals surface area contributed by atoms with Gasteiger partial charge in [0.1, 0.15) is 16.7 Å². The molecular weight excluding hydrogens is 709 g/mol. The fourth-order valence-electron chi connectivity index (χ4n) is 8.91. The second-order valence-corrected chi connectivity index (χ2v) is 14.9. The fraction of sp³-hybridized carbons (Fsp3) is 0. The highest BCUT2D eigenvalue weighted by Gasteiger charge is 2.22. The molecule has 0 bridgehead atoms. The van der Waals surface area contributed by atoms with Crippen molar-refractivity contribution in [2.45, 2.75) is 0 Å². The van der Waals surface area contributed by atoms with E-state index in [2.05, 4.69) is 198 Å². The van der Waals surface area contributed by atoms with Crippen LogP contribution in [0.25, 0.3) is 93.6 Å². The molecule has 0 amide bonds. The highest BCUT2D eigenvalue weighted by molar-refractivity contribution is 6.13.